The van der Waals surface area contributed by atoms with Crippen LogP contribution in [0, 0.1) is 23.0 Å². The zero-order valence-electron chi connectivity index (χ0n) is 8.61. The largest absolute Gasteiger partial charge is 0.251 e. The van der Waals surface area contributed by atoms with Crippen LogP contribution in [0.5, 0.6) is 0 Å². The molecule has 1 aromatic rings. The molecule has 7 heteroatoms. The Hall–Kier alpha value is -1.81. The number of nitriles is 1. The summed E-state index contributed by atoms with van der Waals surface area (Å²) in [6.45, 7) is 1.32. The molecule has 1 atom stereocenters. The molecule has 1 unspecified atom stereocenters. The van der Waals surface area contributed by atoms with Crippen LogP contribution in [0.4, 0.5) is 14.5 Å². The lowest BCUT2D eigenvalue weighted by atomic mass is 10.2. The van der Waals surface area contributed by atoms with Crippen molar-refractivity contribution < 1.29 is 17.2 Å². The summed E-state index contributed by atoms with van der Waals surface area (Å²) < 4.78 is 50.2. The minimum absolute atomic E-state index is 0.0227. The number of fused-ring (bicyclic) bond motifs is 1. The first-order valence-corrected chi connectivity index (χ1v) is 6.10. The zero-order chi connectivity index (χ0) is 12.8. The number of benzene rings is 1. The molecule has 4 nitrogen and oxygen atoms in total. The van der Waals surface area contributed by atoms with E-state index in [0.717, 1.165) is 0 Å². The van der Waals surface area contributed by atoms with E-state index < -0.39 is 37.3 Å². The highest BCUT2D eigenvalue weighted by atomic mass is 32.2. The Morgan fingerprint density at radius 1 is 1.41 bits per heavy atom. The number of sulfone groups is 1. The van der Waals surface area contributed by atoms with E-state index >= 15 is 0 Å². The van der Waals surface area contributed by atoms with Gasteiger partial charge in [-0.1, -0.05) is 0 Å². The van der Waals surface area contributed by atoms with E-state index in [2.05, 4.69) is 4.99 Å². The molecule has 2 rings (SSSR count). The summed E-state index contributed by atoms with van der Waals surface area (Å²) in [5.74, 6) is -2.07. The van der Waals surface area contributed by atoms with Crippen molar-refractivity contribution in [3.8, 4) is 6.07 Å². The highest BCUT2D eigenvalue weighted by Gasteiger charge is 2.37. The molecular weight excluding hydrogens is 250 g/mol. The molecule has 0 radical (unpaired) electrons. The zero-order valence-corrected chi connectivity index (χ0v) is 9.42. The molecule has 0 amide bonds. The lowest BCUT2D eigenvalue weighted by Gasteiger charge is -2.18. The number of halogens is 2. The van der Waals surface area contributed by atoms with E-state index in [4.69, 9.17) is 5.26 Å². The molecule has 1 aliphatic heterocycles. The van der Waals surface area contributed by atoms with E-state index in [0.29, 0.717) is 12.1 Å². The van der Waals surface area contributed by atoms with Crippen LogP contribution in [0.15, 0.2) is 22.0 Å². The summed E-state index contributed by atoms with van der Waals surface area (Å²) in [5, 5.41) is 7.27. The standard InChI is InChI=1S/C10H6F2N2O2S/c1-5-9(4-13)17(15,16)8-3-6(11)2-7(12)10(8)14-5/h2-3,9H,1H3. The number of hydrogen-bond donors (Lipinski definition) is 0. The summed E-state index contributed by atoms with van der Waals surface area (Å²) >= 11 is 0. The molecular formula is C10H6F2N2O2S. The summed E-state index contributed by atoms with van der Waals surface area (Å²) in [5.41, 5.74) is -0.457. The summed E-state index contributed by atoms with van der Waals surface area (Å²) in [4.78, 5) is 3.13. The van der Waals surface area contributed by atoms with Gasteiger partial charge in [-0.25, -0.2) is 17.2 Å². The smallest absolute Gasteiger partial charge is 0.202 e. The first-order chi connectivity index (χ1) is 7.87. The predicted octanol–water partition coefficient (Wildman–Crippen LogP) is 1.74. The second kappa shape index (κ2) is 3.60. The second-order valence-corrected chi connectivity index (χ2v) is 5.54. The third-order valence-corrected chi connectivity index (χ3v) is 4.39. The molecule has 0 saturated carbocycles. The van der Waals surface area contributed by atoms with Crippen molar-refractivity contribution >= 4 is 21.2 Å². The highest BCUT2D eigenvalue weighted by Crippen LogP contribution is 2.35. The number of nitrogens with zero attached hydrogens (tertiary/aromatic N) is 2. The maximum atomic E-state index is 13.4. The first-order valence-electron chi connectivity index (χ1n) is 4.55. The Labute approximate surface area is 96.1 Å². The number of hydrogen-bond acceptors (Lipinski definition) is 4. The molecule has 17 heavy (non-hydrogen) atoms. The van der Waals surface area contributed by atoms with Gasteiger partial charge in [-0.2, -0.15) is 5.26 Å². The van der Waals surface area contributed by atoms with Crippen molar-refractivity contribution in [3.05, 3.63) is 23.8 Å². The lowest BCUT2D eigenvalue weighted by molar-refractivity contribution is 0.567. The number of rotatable bonds is 0. The van der Waals surface area contributed by atoms with Crippen LogP contribution in [0.1, 0.15) is 6.92 Å². The van der Waals surface area contributed by atoms with Crippen molar-refractivity contribution in [1.29, 1.82) is 5.26 Å². The van der Waals surface area contributed by atoms with Gasteiger partial charge in [-0.3, -0.25) is 4.99 Å². The molecule has 0 saturated heterocycles. The number of aliphatic imine (C=N–C) groups is 1. The minimum atomic E-state index is -4.10. The van der Waals surface area contributed by atoms with Gasteiger partial charge in [0.15, 0.2) is 11.1 Å². The van der Waals surface area contributed by atoms with E-state index in [1.807, 2.05) is 0 Å². The van der Waals surface area contributed by atoms with Crippen LogP contribution < -0.4 is 0 Å². The summed E-state index contributed by atoms with van der Waals surface area (Å²) in [6.07, 6.45) is 0. The van der Waals surface area contributed by atoms with Crippen LogP contribution >= 0.6 is 0 Å². The fraction of sp³-hybridized carbons (Fsp3) is 0.200. The Bertz CT molecular complexity index is 674. The topological polar surface area (TPSA) is 70.3 Å². The monoisotopic (exact) mass is 256 g/mol. The van der Waals surface area contributed by atoms with E-state index in [-0.39, 0.29) is 5.71 Å². The van der Waals surface area contributed by atoms with Gasteiger partial charge in [0.25, 0.3) is 0 Å². The Morgan fingerprint density at radius 2 is 2.06 bits per heavy atom. The van der Waals surface area contributed by atoms with Gasteiger partial charge in [0.1, 0.15) is 16.4 Å². The molecule has 1 heterocycles. The van der Waals surface area contributed by atoms with Crippen molar-refractivity contribution in [2.45, 2.75) is 17.1 Å². The van der Waals surface area contributed by atoms with E-state index in [9.17, 15) is 17.2 Å². The van der Waals surface area contributed by atoms with Crippen molar-refractivity contribution in [2.24, 2.45) is 4.99 Å². The lowest BCUT2D eigenvalue weighted by Crippen LogP contribution is -2.30. The molecule has 0 fully saturated rings. The normalized spacial score (nSPS) is 21.3. The van der Waals surface area contributed by atoms with Crippen molar-refractivity contribution in [3.63, 3.8) is 0 Å². The summed E-state index contributed by atoms with van der Waals surface area (Å²) in [6, 6.07) is 2.79. The van der Waals surface area contributed by atoms with Crippen LogP contribution in [0.25, 0.3) is 0 Å². The average Bonchev–Trinajstić information content (AvgIpc) is 2.20. The van der Waals surface area contributed by atoms with Crippen molar-refractivity contribution in [2.75, 3.05) is 0 Å². The third-order valence-electron chi connectivity index (χ3n) is 2.39. The minimum Gasteiger partial charge on any atom is -0.251 e. The van der Waals surface area contributed by atoms with Crippen molar-refractivity contribution in [1.82, 2.24) is 0 Å². The molecule has 0 spiro atoms. The SMILES string of the molecule is CC1=Nc2c(F)cc(F)cc2S(=O)(=O)C1C#N. The van der Waals surface area contributed by atoms with Crippen LogP contribution in [-0.4, -0.2) is 19.4 Å². The molecule has 1 aromatic carbocycles. The Kier molecular flexibility index (Phi) is 2.47. The Balaban J connectivity index is 2.88. The Morgan fingerprint density at radius 3 is 2.65 bits per heavy atom. The quantitative estimate of drug-likeness (QED) is 0.709. The van der Waals surface area contributed by atoms with E-state index in [1.165, 1.54) is 6.92 Å². The maximum absolute atomic E-state index is 13.4. The summed E-state index contributed by atoms with van der Waals surface area (Å²) in [7, 11) is -4.10. The molecule has 0 aliphatic carbocycles. The van der Waals surface area contributed by atoms with Crippen LogP contribution in [-0.2, 0) is 9.84 Å². The third kappa shape index (κ3) is 1.61. The first kappa shape index (κ1) is 11.7. The van der Waals surface area contributed by atoms with Crippen LogP contribution in [0.2, 0.25) is 0 Å². The van der Waals surface area contributed by atoms with Gasteiger partial charge in [0.05, 0.1) is 6.07 Å². The molecule has 1 aliphatic rings. The second-order valence-electron chi connectivity index (χ2n) is 3.54. The molecule has 0 bridgehead atoms. The maximum Gasteiger partial charge on any atom is 0.202 e. The molecule has 88 valence electrons. The predicted molar refractivity (Wildman–Crippen MR) is 55.7 cm³/mol. The van der Waals surface area contributed by atoms with Gasteiger partial charge in [0.2, 0.25) is 9.84 Å². The van der Waals surface area contributed by atoms with E-state index in [1.54, 1.807) is 6.07 Å². The van der Waals surface area contributed by atoms with Gasteiger partial charge in [0, 0.05) is 11.8 Å². The molecule has 0 aromatic heterocycles. The van der Waals surface area contributed by atoms with Gasteiger partial charge in [-0.05, 0) is 13.0 Å². The molecule has 0 N–H and O–H groups in total. The fourth-order valence-electron chi connectivity index (χ4n) is 1.62. The van der Waals surface area contributed by atoms with Gasteiger partial charge >= 0.3 is 0 Å². The fourth-order valence-corrected chi connectivity index (χ4v) is 3.20. The van der Waals surface area contributed by atoms with Gasteiger partial charge < -0.3 is 0 Å². The average molecular weight is 256 g/mol. The van der Waals surface area contributed by atoms with Crippen LogP contribution in [0.3, 0.4) is 0 Å². The highest BCUT2D eigenvalue weighted by molar-refractivity contribution is 7.93. The van der Waals surface area contributed by atoms with Gasteiger partial charge in [-0.15, -0.1) is 0 Å².